The first-order chi connectivity index (χ1) is 6.74. The molecule has 2 N–H and O–H groups in total. The lowest BCUT2D eigenvalue weighted by atomic mass is 10.3. The van der Waals surface area contributed by atoms with E-state index in [0.29, 0.717) is 18.2 Å². The van der Waals surface area contributed by atoms with Gasteiger partial charge in [0.15, 0.2) is 11.6 Å². The number of anilines is 1. The average Bonchev–Trinajstić information content (AvgIpc) is 2.15. The highest BCUT2D eigenvalue weighted by molar-refractivity contribution is 7.98. The third kappa shape index (κ3) is 3.46. The van der Waals surface area contributed by atoms with Crippen LogP contribution in [0.4, 0.5) is 5.82 Å². The first-order valence-electron chi connectivity index (χ1n) is 4.59. The number of rotatable bonds is 5. The van der Waals surface area contributed by atoms with Crippen molar-refractivity contribution in [3.8, 4) is 5.75 Å². The van der Waals surface area contributed by atoms with Crippen LogP contribution >= 0.6 is 11.8 Å². The van der Waals surface area contributed by atoms with Crippen LogP contribution in [-0.4, -0.2) is 23.6 Å². The molecule has 1 heterocycles. The molecule has 0 aliphatic heterocycles. The lowest BCUT2D eigenvalue weighted by molar-refractivity contribution is 0.319. The number of aryl methyl sites for hydroxylation is 1. The van der Waals surface area contributed by atoms with Crippen LogP contribution in [0.25, 0.3) is 0 Å². The summed E-state index contributed by atoms with van der Waals surface area (Å²) < 4.78 is 5.49. The number of nitrogens with two attached hydrogens (primary N) is 1. The number of ether oxygens (including phenoxy) is 1. The van der Waals surface area contributed by atoms with Gasteiger partial charge in [0.2, 0.25) is 0 Å². The van der Waals surface area contributed by atoms with Crippen molar-refractivity contribution in [2.75, 3.05) is 24.3 Å². The Bertz CT molecular complexity index is 291. The molecule has 78 valence electrons. The third-order valence-electron chi connectivity index (χ3n) is 1.78. The highest BCUT2D eigenvalue weighted by Gasteiger charge is 2.00. The molecule has 0 bridgehead atoms. The number of thioether (sulfide) groups is 1. The van der Waals surface area contributed by atoms with Gasteiger partial charge in [0.25, 0.3) is 0 Å². The Hall–Kier alpha value is -0.900. The van der Waals surface area contributed by atoms with Crippen molar-refractivity contribution in [3.05, 3.63) is 17.8 Å². The summed E-state index contributed by atoms with van der Waals surface area (Å²) in [4.78, 5) is 4.12. The van der Waals surface area contributed by atoms with E-state index in [1.807, 2.05) is 30.8 Å². The van der Waals surface area contributed by atoms with Crippen molar-refractivity contribution in [1.82, 2.24) is 4.98 Å². The van der Waals surface area contributed by atoms with Crippen LogP contribution in [0.1, 0.15) is 12.1 Å². The minimum Gasteiger partial charge on any atom is -0.490 e. The first-order valence-corrected chi connectivity index (χ1v) is 5.98. The Morgan fingerprint density at radius 3 is 2.93 bits per heavy atom. The molecular weight excluding hydrogens is 196 g/mol. The van der Waals surface area contributed by atoms with E-state index >= 15 is 0 Å². The molecule has 14 heavy (non-hydrogen) atoms. The standard InChI is InChI=1S/C10H16N2OS/c1-8-4-5-9(10(11)12-8)13-6-3-7-14-2/h4-5H,3,6-7H2,1-2H3,(H2,11,12). The molecule has 4 heteroatoms. The maximum Gasteiger partial charge on any atom is 0.166 e. The Kier molecular flexibility index (Phi) is 4.59. The maximum atomic E-state index is 5.69. The average molecular weight is 212 g/mol. The Labute approximate surface area is 89.1 Å². The van der Waals surface area contributed by atoms with Crippen LogP contribution < -0.4 is 10.5 Å². The summed E-state index contributed by atoms with van der Waals surface area (Å²) in [6.07, 6.45) is 3.12. The molecule has 1 rings (SSSR count). The lowest BCUT2D eigenvalue weighted by Crippen LogP contribution is -2.03. The van der Waals surface area contributed by atoms with E-state index in [4.69, 9.17) is 10.5 Å². The zero-order chi connectivity index (χ0) is 10.4. The largest absolute Gasteiger partial charge is 0.490 e. The van der Waals surface area contributed by atoms with Crippen LogP contribution in [0.15, 0.2) is 12.1 Å². The molecule has 0 amide bonds. The molecule has 1 aromatic heterocycles. The fourth-order valence-corrected chi connectivity index (χ4v) is 1.48. The van der Waals surface area contributed by atoms with Gasteiger partial charge >= 0.3 is 0 Å². The van der Waals surface area contributed by atoms with Gasteiger partial charge in [0.1, 0.15) is 0 Å². The van der Waals surface area contributed by atoms with Crippen LogP contribution in [0.3, 0.4) is 0 Å². The highest BCUT2D eigenvalue weighted by Crippen LogP contribution is 2.18. The number of nitrogens with zero attached hydrogens (tertiary/aromatic N) is 1. The molecule has 0 spiro atoms. The minimum absolute atomic E-state index is 0.481. The first kappa shape index (κ1) is 11.2. The summed E-state index contributed by atoms with van der Waals surface area (Å²) in [5.41, 5.74) is 6.61. The van der Waals surface area contributed by atoms with Gasteiger partial charge in [0.05, 0.1) is 6.61 Å². The van der Waals surface area contributed by atoms with Gasteiger partial charge in [-0.2, -0.15) is 11.8 Å². The monoisotopic (exact) mass is 212 g/mol. The van der Waals surface area contributed by atoms with Crippen LogP contribution in [-0.2, 0) is 0 Å². The van der Waals surface area contributed by atoms with Gasteiger partial charge in [-0.25, -0.2) is 4.98 Å². The summed E-state index contributed by atoms with van der Waals surface area (Å²) in [7, 11) is 0. The maximum absolute atomic E-state index is 5.69. The van der Waals surface area contributed by atoms with Crippen molar-refractivity contribution < 1.29 is 4.74 Å². The summed E-state index contributed by atoms with van der Waals surface area (Å²) in [6, 6.07) is 3.77. The predicted molar refractivity (Wildman–Crippen MR) is 61.9 cm³/mol. The topological polar surface area (TPSA) is 48.1 Å². The summed E-state index contributed by atoms with van der Waals surface area (Å²) in [5, 5.41) is 0. The summed E-state index contributed by atoms with van der Waals surface area (Å²) >= 11 is 1.82. The fraction of sp³-hybridized carbons (Fsp3) is 0.500. The number of pyridine rings is 1. The van der Waals surface area contributed by atoms with Gasteiger partial charge in [-0.3, -0.25) is 0 Å². The van der Waals surface area contributed by atoms with E-state index in [0.717, 1.165) is 17.9 Å². The van der Waals surface area contributed by atoms with E-state index < -0.39 is 0 Å². The van der Waals surface area contributed by atoms with Gasteiger partial charge < -0.3 is 10.5 Å². The third-order valence-corrected chi connectivity index (χ3v) is 2.47. The van der Waals surface area contributed by atoms with E-state index in [9.17, 15) is 0 Å². The highest BCUT2D eigenvalue weighted by atomic mass is 32.2. The second-order valence-corrected chi connectivity index (χ2v) is 4.02. The second kappa shape index (κ2) is 5.75. The van der Waals surface area contributed by atoms with Gasteiger partial charge in [0, 0.05) is 5.69 Å². The van der Waals surface area contributed by atoms with E-state index in [2.05, 4.69) is 11.2 Å². The zero-order valence-electron chi connectivity index (χ0n) is 8.62. The molecule has 1 aromatic rings. The molecule has 0 fully saturated rings. The van der Waals surface area contributed by atoms with Crippen molar-refractivity contribution in [2.24, 2.45) is 0 Å². The Morgan fingerprint density at radius 2 is 2.29 bits per heavy atom. The number of nitrogen functional groups attached to an aromatic ring is 1. The smallest absolute Gasteiger partial charge is 0.166 e. The van der Waals surface area contributed by atoms with E-state index in [1.54, 1.807) is 0 Å². The molecule has 0 radical (unpaired) electrons. The molecule has 0 unspecified atom stereocenters. The summed E-state index contributed by atoms with van der Waals surface area (Å²) in [5.74, 6) is 2.28. The molecule has 0 saturated heterocycles. The van der Waals surface area contributed by atoms with Gasteiger partial charge in [-0.05, 0) is 37.5 Å². The second-order valence-electron chi connectivity index (χ2n) is 3.03. The van der Waals surface area contributed by atoms with Crippen LogP contribution in [0, 0.1) is 6.92 Å². The minimum atomic E-state index is 0.481. The number of hydrogen-bond donors (Lipinski definition) is 1. The Balaban J connectivity index is 2.42. The van der Waals surface area contributed by atoms with E-state index in [-0.39, 0.29) is 0 Å². The summed E-state index contributed by atoms with van der Waals surface area (Å²) in [6.45, 7) is 2.61. The normalized spacial score (nSPS) is 10.1. The number of aromatic nitrogens is 1. The van der Waals surface area contributed by atoms with Crippen molar-refractivity contribution >= 4 is 17.6 Å². The van der Waals surface area contributed by atoms with Gasteiger partial charge in [-0.1, -0.05) is 0 Å². The van der Waals surface area contributed by atoms with Gasteiger partial charge in [-0.15, -0.1) is 0 Å². The molecule has 0 atom stereocenters. The molecule has 0 aliphatic carbocycles. The molecule has 0 aliphatic rings. The van der Waals surface area contributed by atoms with Crippen molar-refractivity contribution in [1.29, 1.82) is 0 Å². The predicted octanol–water partition coefficient (Wildman–Crippen LogP) is 2.10. The lowest BCUT2D eigenvalue weighted by Gasteiger charge is -2.07. The van der Waals surface area contributed by atoms with Crippen LogP contribution in [0.5, 0.6) is 5.75 Å². The zero-order valence-corrected chi connectivity index (χ0v) is 9.43. The molecular formula is C10H16N2OS. The molecule has 0 aromatic carbocycles. The van der Waals surface area contributed by atoms with E-state index in [1.165, 1.54) is 0 Å². The van der Waals surface area contributed by atoms with Crippen molar-refractivity contribution in [3.63, 3.8) is 0 Å². The van der Waals surface area contributed by atoms with Crippen LogP contribution in [0.2, 0.25) is 0 Å². The quantitative estimate of drug-likeness (QED) is 0.759. The SMILES string of the molecule is CSCCCOc1ccc(C)nc1N. The fourth-order valence-electron chi connectivity index (χ4n) is 1.07. The number of hydrogen-bond acceptors (Lipinski definition) is 4. The van der Waals surface area contributed by atoms with Crippen molar-refractivity contribution in [2.45, 2.75) is 13.3 Å². The molecule has 0 saturated carbocycles. The molecule has 3 nitrogen and oxygen atoms in total. The Morgan fingerprint density at radius 1 is 1.50 bits per heavy atom.